The molecule has 15 heavy (non-hydrogen) atoms. The lowest BCUT2D eigenvalue weighted by atomic mass is 10.3. The summed E-state index contributed by atoms with van der Waals surface area (Å²) in [5, 5.41) is 0. The highest BCUT2D eigenvalue weighted by Gasteiger charge is 2.38. The number of ether oxygens (including phenoxy) is 4. The van der Waals surface area contributed by atoms with E-state index in [-0.39, 0.29) is 12.2 Å². The Kier molecular flexibility index (Phi) is 3.03. The van der Waals surface area contributed by atoms with Gasteiger partial charge in [-0.25, -0.2) is 0 Å². The molecule has 0 saturated carbocycles. The molecular weight excluding hydrogens is 196 g/mol. The van der Waals surface area contributed by atoms with Crippen molar-refractivity contribution in [3.05, 3.63) is 0 Å². The second-order valence-corrected chi connectivity index (χ2v) is 4.78. The Morgan fingerprint density at radius 1 is 0.933 bits per heavy atom. The first-order chi connectivity index (χ1) is 6.98. The van der Waals surface area contributed by atoms with E-state index in [1.165, 1.54) is 0 Å². The molecule has 0 aromatic carbocycles. The van der Waals surface area contributed by atoms with Gasteiger partial charge in [0, 0.05) is 0 Å². The fourth-order valence-electron chi connectivity index (χ4n) is 1.42. The summed E-state index contributed by atoms with van der Waals surface area (Å²) in [6.45, 7) is 9.15. The van der Waals surface area contributed by atoms with Crippen LogP contribution in [0.3, 0.4) is 0 Å². The van der Waals surface area contributed by atoms with Crippen molar-refractivity contribution < 1.29 is 18.9 Å². The lowest BCUT2D eigenvalue weighted by Gasteiger charge is -2.25. The minimum Gasteiger partial charge on any atom is -0.367 e. The third kappa shape index (κ3) is 3.41. The molecule has 2 aliphatic rings. The van der Waals surface area contributed by atoms with Crippen molar-refractivity contribution in [2.45, 2.75) is 57.9 Å². The average molecular weight is 216 g/mol. The summed E-state index contributed by atoms with van der Waals surface area (Å²) in [6.07, 6.45) is 1.19. The second-order valence-electron chi connectivity index (χ2n) is 4.78. The first kappa shape index (κ1) is 11.3. The third-order valence-electron chi connectivity index (χ3n) is 2.86. The quantitative estimate of drug-likeness (QED) is 0.496. The van der Waals surface area contributed by atoms with Crippen molar-refractivity contribution in [3.63, 3.8) is 0 Å². The third-order valence-corrected chi connectivity index (χ3v) is 2.86. The molecule has 4 unspecified atom stereocenters. The smallest absolute Gasteiger partial charge is 0.163 e. The molecule has 0 radical (unpaired) electrons. The largest absolute Gasteiger partial charge is 0.367 e. The number of hydrogen-bond acceptors (Lipinski definition) is 4. The highest BCUT2D eigenvalue weighted by atomic mass is 16.7. The molecule has 2 fully saturated rings. The maximum Gasteiger partial charge on any atom is 0.163 e. The normalized spacial score (nSPS) is 39.2. The summed E-state index contributed by atoms with van der Waals surface area (Å²) in [4.78, 5) is 0. The van der Waals surface area contributed by atoms with Gasteiger partial charge >= 0.3 is 0 Å². The Morgan fingerprint density at radius 2 is 1.27 bits per heavy atom. The number of hydrogen-bond donors (Lipinski definition) is 0. The SMILES string of the molecule is CC1OC1COC(C)(C)OCC1OC1C. The molecule has 0 aliphatic carbocycles. The molecule has 0 bridgehead atoms. The van der Waals surface area contributed by atoms with Crippen LogP contribution in [-0.4, -0.2) is 43.4 Å². The molecule has 0 aromatic heterocycles. The van der Waals surface area contributed by atoms with Gasteiger partial charge in [-0.2, -0.15) is 0 Å². The second kappa shape index (κ2) is 4.01. The summed E-state index contributed by atoms with van der Waals surface area (Å²) in [5.41, 5.74) is 0. The fraction of sp³-hybridized carbons (Fsp3) is 1.00. The van der Waals surface area contributed by atoms with E-state index in [0.29, 0.717) is 25.4 Å². The van der Waals surface area contributed by atoms with E-state index < -0.39 is 5.79 Å². The molecule has 4 atom stereocenters. The Labute approximate surface area is 90.8 Å². The summed E-state index contributed by atoms with van der Waals surface area (Å²) in [5.74, 6) is -0.544. The monoisotopic (exact) mass is 216 g/mol. The van der Waals surface area contributed by atoms with E-state index in [9.17, 15) is 0 Å². The van der Waals surface area contributed by atoms with E-state index in [2.05, 4.69) is 0 Å². The molecule has 4 nitrogen and oxygen atoms in total. The van der Waals surface area contributed by atoms with Crippen molar-refractivity contribution in [2.24, 2.45) is 0 Å². The minimum absolute atomic E-state index is 0.254. The van der Waals surface area contributed by atoms with Gasteiger partial charge in [0.05, 0.1) is 25.4 Å². The van der Waals surface area contributed by atoms with Gasteiger partial charge in [-0.1, -0.05) is 0 Å². The molecule has 2 aliphatic heterocycles. The van der Waals surface area contributed by atoms with Gasteiger partial charge in [0.25, 0.3) is 0 Å². The van der Waals surface area contributed by atoms with E-state index >= 15 is 0 Å². The maximum absolute atomic E-state index is 5.63. The summed E-state index contributed by atoms with van der Waals surface area (Å²) in [7, 11) is 0. The first-order valence-corrected chi connectivity index (χ1v) is 5.57. The highest BCUT2D eigenvalue weighted by molar-refractivity contribution is 4.82. The molecule has 88 valence electrons. The van der Waals surface area contributed by atoms with Gasteiger partial charge in [-0.3, -0.25) is 0 Å². The topological polar surface area (TPSA) is 43.5 Å². The zero-order chi connectivity index (χ0) is 11.1. The van der Waals surface area contributed by atoms with Gasteiger partial charge in [0.1, 0.15) is 12.2 Å². The predicted octanol–water partition coefficient (Wildman–Crippen LogP) is 1.33. The van der Waals surface area contributed by atoms with Crippen LogP contribution in [0.2, 0.25) is 0 Å². The molecule has 2 saturated heterocycles. The van der Waals surface area contributed by atoms with E-state index in [0.717, 1.165) is 0 Å². The predicted molar refractivity (Wildman–Crippen MR) is 54.7 cm³/mol. The van der Waals surface area contributed by atoms with Crippen molar-refractivity contribution in [1.82, 2.24) is 0 Å². The van der Waals surface area contributed by atoms with Crippen LogP contribution >= 0.6 is 0 Å². The lowest BCUT2D eigenvalue weighted by Crippen LogP contribution is -2.32. The lowest BCUT2D eigenvalue weighted by molar-refractivity contribution is -0.216. The van der Waals surface area contributed by atoms with Crippen LogP contribution < -0.4 is 0 Å². The Morgan fingerprint density at radius 3 is 1.53 bits per heavy atom. The maximum atomic E-state index is 5.63. The van der Waals surface area contributed by atoms with E-state index in [1.54, 1.807) is 0 Å². The number of rotatable bonds is 6. The minimum atomic E-state index is -0.544. The van der Waals surface area contributed by atoms with Crippen LogP contribution in [0, 0.1) is 0 Å². The Hall–Kier alpha value is -0.160. The Bertz CT molecular complexity index is 207. The number of epoxide rings is 2. The molecule has 2 rings (SSSR count). The molecule has 0 aromatic rings. The standard InChI is InChI=1S/C11H20O4/c1-7-9(14-7)5-12-11(3,4)13-6-10-8(2)15-10/h7-10H,5-6H2,1-4H3. The van der Waals surface area contributed by atoms with Crippen molar-refractivity contribution >= 4 is 0 Å². The van der Waals surface area contributed by atoms with Crippen LogP contribution in [-0.2, 0) is 18.9 Å². The van der Waals surface area contributed by atoms with Crippen LogP contribution in [0.25, 0.3) is 0 Å². The van der Waals surface area contributed by atoms with Crippen LogP contribution in [0.4, 0.5) is 0 Å². The van der Waals surface area contributed by atoms with Gasteiger partial charge in [-0.05, 0) is 27.7 Å². The summed E-state index contributed by atoms with van der Waals surface area (Å²) in [6, 6.07) is 0. The first-order valence-electron chi connectivity index (χ1n) is 5.57. The van der Waals surface area contributed by atoms with Crippen molar-refractivity contribution in [2.75, 3.05) is 13.2 Å². The molecule has 4 heteroatoms. The van der Waals surface area contributed by atoms with Crippen LogP contribution in [0.5, 0.6) is 0 Å². The van der Waals surface area contributed by atoms with Crippen LogP contribution in [0.1, 0.15) is 27.7 Å². The summed E-state index contributed by atoms with van der Waals surface area (Å²) < 4.78 is 21.8. The van der Waals surface area contributed by atoms with Gasteiger partial charge in [0.2, 0.25) is 0 Å². The Balaban J connectivity index is 1.60. The van der Waals surface area contributed by atoms with Crippen LogP contribution in [0.15, 0.2) is 0 Å². The van der Waals surface area contributed by atoms with Gasteiger partial charge < -0.3 is 18.9 Å². The molecule has 0 N–H and O–H groups in total. The average Bonchev–Trinajstić information content (AvgIpc) is 3.01. The molecule has 0 amide bonds. The van der Waals surface area contributed by atoms with Gasteiger partial charge in [-0.15, -0.1) is 0 Å². The van der Waals surface area contributed by atoms with E-state index in [4.69, 9.17) is 18.9 Å². The molecular formula is C11H20O4. The fourth-order valence-corrected chi connectivity index (χ4v) is 1.42. The zero-order valence-electron chi connectivity index (χ0n) is 9.86. The highest BCUT2D eigenvalue weighted by Crippen LogP contribution is 2.26. The summed E-state index contributed by atoms with van der Waals surface area (Å²) >= 11 is 0. The van der Waals surface area contributed by atoms with Gasteiger partial charge in [0.15, 0.2) is 5.79 Å². The molecule has 2 heterocycles. The zero-order valence-corrected chi connectivity index (χ0v) is 9.86. The van der Waals surface area contributed by atoms with E-state index in [1.807, 2.05) is 27.7 Å². The van der Waals surface area contributed by atoms with Crippen molar-refractivity contribution in [3.8, 4) is 0 Å². The molecule has 0 spiro atoms. The van der Waals surface area contributed by atoms with Crippen molar-refractivity contribution in [1.29, 1.82) is 0 Å².